The monoisotopic (exact) mass is 420 g/mol. The summed E-state index contributed by atoms with van der Waals surface area (Å²) >= 11 is 0. The Hall–Kier alpha value is -2.13. The van der Waals surface area contributed by atoms with Crippen molar-refractivity contribution < 1.29 is 28.4 Å². The van der Waals surface area contributed by atoms with Crippen LogP contribution in [0, 0.1) is 0 Å². The van der Waals surface area contributed by atoms with Crippen LogP contribution in [0.4, 0.5) is 10.5 Å². The fourth-order valence-electron chi connectivity index (χ4n) is 2.83. The molecule has 30 heavy (non-hydrogen) atoms. The van der Waals surface area contributed by atoms with Gasteiger partial charge in [-0.05, 0) is 61.5 Å². The molecule has 0 radical (unpaired) electrons. The lowest BCUT2D eigenvalue weighted by Gasteiger charge is -2.32. The van der Waals surface area contributed by atoms with Crippen LogP contribution >= 0.6 is 0 Å². The number of ether oxygens (including phenoxy) is 2. The Morgan fingerprint density at radius 1 is 1.17 bits per heavy atom. The van der Waals surface area contributed by atoms with Gasteiger partial charge in [0.15, 0.2) is 0 Å². The van der Waals surface area contributed by atoms with Crippen LogP contribution in [-0.4, -0.2) is 47.5 Å². The highest BCUT2D eigenvalue weighted by molar-refractivity contribution is 6.62. The van der Waals surface area contributed by atoms with Gasteiger partial charge in [-0.2, -0.15) is 0 Å². The Labute approximate surface area is 179 Å². The molecule has 0 saturated carbocycles. The van der Waals surface area contributed by atoms with Gasteiger partial charge in [-0.25, -0.2) is 4.79 Å². The van der Waals surface area contributed by atoms with E-state index < -0.39 is 36.0 Å². The molecular formula is C21H33BN2O6. The van der Waals surface area contributed by atoms with Crippen molar-refractivity contribution in [3.8, 4) is 0 Å². The van der Waals surface area contributed by atoms with Crippen LogP contribution in [0.3, 0.4) is 0 Å². The molecule has 1 amide bonds. The number of nitrogens with zero attached hydrogens (tertiary/aromatic N) is 2. The minimum Gasteiger partial charge on any atom is -0.459 e. The molecule has 2 rings (SSSR count). The number of amides is 1. The summed E-state index contributed by atoms with van der Waals surface area (Å²) in [6.45, 7) is 16.7. The predicted molar refractivity (Wildman–Crippen MR) is 115 cm³/mol. The Kier molecular flexibility index (Phi) is 6.88. The van der Waals surface area contributed by atoms with E-state index >= 15 is 0 Å². The molecule has 9 heteroatoms. The van der Waals surface area contributed by atoms with Crippen LogP contribution in [0.15, 0.2) is 12.3 Å². The number of anilines is 1. The summed E-state index contributed by atoms with van der Waals surface area (Å²) in [7, 11) is -0.638. The maximum atomic E-state index is 12.8. The van der Waals surface area contributed by atoms with Crippen molar-refractivity contribution in [1.29, 1.82) is 0 Å². The van der Waals surface area contributed by atoms with Gasteiger partial charge in [-0.3, -0.25) is 14.7 Å². The summed E-state index contributed by atoms with van der Waals surface area (Å²) in [5.41, 5.74) is -0.0824. The third-order valence-corrected chi connectivity index (χ3v) is 5.13. The second-order valence-corrected chi connectivity index (χ2v) is 9.33. The van der Waals surface area contributed by atoms with E-state index in [1.165, 1.54) is 11.8 Å². The number of carbonyl (C=O) groups is 2. The van der Waals surface area contributed by atoms with Crippen LogP contribution in [0.2, 0.25) is 0 Å². The van der Waals surface area contributed by atoms with E-state index in [0.717, 1.165) is 0 Å². The Morgan fingerprint density at radius 2 is 1.73 bits per heavy atom. The fraction of sp³-hybridized carbons (Fsp3) is 0.667. The van der Waals surface area contributed by atoms with E-state index in [1.807, 2.05) is 34.6 Å². The molecule has 0 aliphatic carbocycles. The first-order valence-corrected chi connectivity index (χ1v) is 10.1. The zero-order chi connectivity index (χ0) is 22.9. The van der Waals surface area contributed by atoms with E-state index in [9.17, 15) is 9.59 Å². The first-order chi connectivity index (χ1) is 13.7. The van der Waals surface area contributed by atoms with Gasteiger partial charge < -0.3 is 18.8 Å². The number of hydrogen-bond acceptors (Lipinski definition) is 7. The van der Waals surface area contributed by atoms with Gasteiger partial charge in [-0.1, -0.05) is 0 Å². The molecule has 1 aromatic heterocycles. The van der Waals surface area contributed by atoms with E-state index in [1.54, 1.807) is 33.0 Å². The largest absolute Gasteiger partial charge is 0.496 e. The summed E-state index contributed by atoms with van der Waals surface area (Å²) in [5, 5.41) is 0. The average Bonchev–Trinajstić information content (AvgIpc) is 2.80. The van der Waals surface area contributed by atoms with Gasteiger partial charge in [0, 0.05) is 25.1 Å². The normalized spacial score (nSPS) is 17.6. The molecule has 166 valence electrons. The summed E-state index contributed by atoms with van der Waals surface area (Å²) in [6, 6.07) is 1.78. The molecule has 1 aromatic rings. The van der Waals surface area contributed by atoms with Gasteiger partial charge >= 0.3 is 19.2 Å². The fourth-order valence-corrected chi connectivity index (χ4v) is 2.83. The zero-order valence-electron chi connectivity index (χ0n) is 19.5. The molecule has 0 N–H and O–H groups in total. The van der Waals surface area contributed by atoms with Crippen LogP contribution < -0.4 is 10.4 Å². The molecule has 0 atom stereocenters. The van der Waals surface area contributed by atoms with E-state index in [-0.39, 0.29) is 6.61 Å². The number of rotatable bonds is 5. The molecule has 0 spiro atoms. The van der Waals surface area contributed by atoms with Crippen molar-refractivity contribution in [3.63, 3.8) is 0 Å². The molecule has 1 aliphatic rings. The number of hydrogen-bond donors (Lipinski definition) is 0. The summed E-state index contributed by atoms with van der Waals surface area (Å²) < 4.78 is 22.9. The van der Waals surface area contributed by atoms with Crippen molar-refractivity contribution >= 4 is 30.3 Å². The predicted octanol–water partition coefficient (Wildman–Crippen LogP) is 3.21. The molecule has 2 heterocycles. The number of carbonyl (C=O) groups excluding carboxylic acids is 2. The van der Waals surface area contributed by atoms with Gasteiger partial charge in [0.1, 0.15) is 17.9 Å². The molecule has 1 aliphatic heterocycles. The SMILES string of the molecule is CCN(C(=O)OC(C)(C)C)c1cc(B2OC(C)(C)C(C)(C)O2)cnc1COC(C)=O. The van der Waals surface area contributed by atoms with Gasteiger partial charge in [0.2, 0.25) is 0 Å². The van der Waals surface area contributed by atoms with Crippen molar-refractivity contribution in [3.05, 3.63) is 18.0 Å². The summed E-state index contributed by atoms with van der Waals surface area (Å²) in [5.74, 6) is -0.432. The second-order valence-electron chi connectivity index (χ2n) is 9.33. The van der Waals surface area contributed by atoms with Crippen LogP contribution in [-0.2, 0) is 30.2 Å². The Bertz CT molecular complexity index is 787. The van der Waals surface area contributed by atoms with Crippen LogP contribution in [0.25, 0.3) is 0 Å². The smallest absolute Gasteiger partial charge is 0.459 e. The summed E-state index contributed by atoms with van der Waals surface area (Å²) in [6.07, 6.45) is 1.11. The molecule has 1 saturated heterocycles. The Morgan fingerprint density at radius 3 is 2.20 bits per heavy atom. The topological polar surface area (TPSA) is 87.2 Å². The van der Waals surface area contributed by atoms with E-state index in [4.69, 9.17) is 18.8 Å². The average molecular weight is 420 g/mol. The lowest BCUT2D eigenvalue weighted by atomic mass is 9.80. The standard InChI is InChI=1S/C21H33BN2O6/c1-10-24(18(26)28-19(3,4)5)17-11-15(12-23-16(17)13-27-14(2)25)22-29-20(6,7)21(8,9)30-22/h11-12H,10,13H2,1-9H3. The summed E-state index contributed by atoms with van der Waals surface area (Å²) in [4.78, 5) is 30.1. The van der Waals surface area contributed by atoms with Crippen molar-refractivity contribution in [2.45, 2.75) is 85.7 Å². The van der Waals surface area contributed by atoms with Crippen molar-refractivity contribution in [2.75, 3.05) is 11.4 Å². The highest BCUT2D eigenvalue weighted by Crippen LogP contribution is 2.36. The molecular weight excluding hydrogens is 387 g/mol. The van der Waals surface area contributed by atoms with Gasteiger partial charge in [-0.15, -0.1) is 0 Å². The first kappa shape index (κ1) is 24.1. The number of pyridine rings is 1. The minimum absolute atomic E-state index is 0.0619. The van der Waals surface area contributed by atoms with Gasteiger partial charge in [0.05, 0.1) is 16.9 Å². The molecule has 0 aromatic carbocycles. The van der Waals surface area contributed by atoms with Crippen LogP contribution in [0.1, 0.15) is 68.0 Å². The second kappa shape index (κ2) is 8.55. The molecule has 0 bridgehead atoms. The van der Waals surface area contributed by atoms with E-state index in [2.05, 4.69) is 4.98 Å². The van der Waals surface area contributed by atoms with Crippen molar-refractivity contribution in [1.82, 2.24) is 4.98 Å². The number of aromatic nitrogens is 1. The minimum atomic E-state index is -0.655. The first-order valence-electron chi connectivity index (χ1n) is 10.1. The molecule has 1 fully saturated rings. The number of esters is 1. The quantitative estimate of drug-likeness (QED) is 0.534. The zero-order valence-corrected chi connectivity index (χ0v) is 19.5. The maximum absolute atomic E-state index is 12.8. The highest BCUT2D eigenvalue weighted by Gasteiger charge is 2.52. The molecule has 0 unspecified atom stereocenters. The molecule has 8 nitrogen and oxygen atoms in total. The maximum Gasteiger partial charge on any atom is 0.496 e. The highest BCUT2D eigenvalue weighted by atomic mass is 16.7. The lowest BCUT2D eigenvalue weighted by molar-refractivity contribution is -0.142. The third kappa shape index (κ3) is 5.52. The van der Waals surface area contributed by atoms with E-state index in [0.29, 0.717) is 23.4 Å². The Balaban J connectivity index is 2.45. The lowest BCUT2D eigenvalue weighted by Crippen LogP contribution is -2.41. The van der Waals surface area contributed by atoms with Crippen LogP contribution in [0.5, 0.6) is 0 Å². The van der Waals surface area contributed by atoms with Crippen molar-refractivity contribution in [2.24, 2.45) is 0 Å². The van der Waals surface area contributed by atoms with Gasteiger partial charge in [0.25, 0.3) is 0 Å². The third-order valence-electron chi connectivity index (χ3n) is 5.13.